The molecule has 1 saturated carbocycles. The fourth-order valence-corrected chi connectivity index (χ4v) is 3.04. The second kappa shape index (κ2) is 4.22. The van der Waals surface area contributed by atoms with Crippen molar-refractivity contribution >= 4 is 5.69 Å². The van der Waals surface area contributed by atoms with Gasteiger partial charge in [0.15, 0.2) is 0 Å². The first kappa shape index (κ1) is 12.7. The fraction of sp³-hybridized carbons (Fsp3) is 0.500. The van der Waals surface area contributed by atoms with Gasteiger partial charge in [-0.05, 0) is 13.0 Å². The zero-order chi connectivity index (χ0) is 14.6. The number of piperidine rings is 1. The van der Waals surface area contributed by atoms with Gasteiger partial charge in [0, 0.05) is 31.4 Å². The largest absolute Gasteiger partial charge is 0.369 e. The van der Waals surface area contributed by atoms with Gasteiger partial charge in [0.2, 0.25) is 0 Å². The molecule has 5 nitrogen and oxygen atoms in total. The van der Waals surface area contributed by atoms with E-state index in [2.05, 4.69) is 15.3 Å². The highest BCUT2D eigenvalue weighted by Gasteiger charge is 2.71. The number of anilines is 1. The summed E-state index contributed by atoms with van der Waals surface area (Å²) in [4.78, 5) is 6.19. The Hall–Kier alpha value is -2.05. The Morgan fingerprint density at radius 2 is 2.05 bits per heavy atom. The zero-order valence-electron chi connectivity index (χ0n) is 11.6. The van der Waals surface area contributed by atoms with Crippen molar-refractivity contribution in [2.75, 3.05) is 18.0 Å². The Kier molecular flexibility index (Phi) is 2.55. The predicted molar refractivity (Wildman–Crippen MR) is 73.1 cm³/mol. The minimum atomic E-state index is -2.45. The van der Waals surface area contributed by atoms with Crippen LogP contribution >= 0.6 is 0 Å². The van der Waals surface area contributed by atoms with Crippen LogP contribution in [0.3, 0.4) is 0 Å². The first-order valence-electron chi connectivity index (χ1n) is 7.08. The Bertz CT molecular complexity index is 670. The van der Waals surface area contributed by atoms with E-state index in [1.165, 1.54) is 0 Å². The summed E-state index contributed by atoms with van der Waals surface area (Å²) < 4.78 is 28.3. The molecule has 110 valence electrons. The SMILES string of the molecule is CCn1cc(-c2cncc(N3CC4C(C3)C4(F)F)c2)nn1. The number of nitrogens with zero attached hydrogens (tertiary/aromatic N) is 5. The molecule has 0 spiro atoms. The van der Waals surface area contributed by atoms with Gasteiger partial charge in [-0.1, -0.05) is 5.21 Å². The van der Waals surface area contributed by atoms with Crippen molar-refractivity contribution in [3.8, 4) is 11.3 Å². The summed E-state index contributed by atoms with van der Waals surface area (Å²) in [6, 6.07) is 1.94. The average molecular weight is 291 g/mol. The molecule has 0 amide bonds. The number of aryl methyl sites for hydroxylation is 1. The first-order chi connectivity index (χ1) is 10.1. The molecule has 2 aromatic heterocycles. The van der Waals surface area contributed by atoms with Crippen LogP contribution < -0.4 is 4.90 Å². The van der Waals surface area contributed by atoms with E-state index in [-0.39, 0.29) is 0 Å². The maximum absolute atomic E-state index is 13.3. The Labute approximate surface area is 120 Å². The van der Waals surface area contributed by atoms with Gasteiger partial charge >= 0.3 is 0 Å². The standard InChI is InChI=1S/C14H15F2N5/c1-2-21-8-13(18-19-21)9-3-10(5-17-4-9)20-6-11-12(7-20)14(11,15)16/h3-5,8,11-12H,2,6-7H2,1H3. The van der Waals surface area contributed by atoms with Crippen LogP contribution in [0.25, 0.3) is 11.3 Å². The molecular formula is C14H15F2N5. The monoisotopic (exact) mass is 291 g/mol. The van der Waals surface area contributed by atoms with E-state index in [9.17, 15) is 8.78 Å². The quantitative estimate of drug-likeness (QED) is 0.868. The first-order valence-corrected chi connectivity index (χ1v) is 7.08. The minimum absolute atomic E-state index is 0.407. The van der Waals surface area contributed by atoms with Crippen molar-refractivity contribution in [1.29, 1.82) is 0 Å². The summed E-state index contributed by atoms with van der Waals surface area (Å²) in [6.45, 7) is 3.56. The van der Waals surface area contributed by atoms with Crippen LogP contribution in [0.15, 0.2) is 24.7 Å². The van der Waals surface area contributed by atoms with E-state index in [1.807, 2.05) is 24.1 Å². The number of fused-ring (bicyclic) bond motifs is 1. The molecule has 2 aromatic rings. The molecule has 1 saturated heterocycles. The van der Waals surface area contributed by atoms with Gasteiger partial charge in [-0.2, -0.15) is 0 Å². The topological polar surface area (TPSA) is 46.8 Å². The van der Waals surface area contributed by atoms with E-state index >= 15 is 0 Å². The van der Waals surface area contributed by atoms with Crippen LogP contribution in [0.5, 0.6) is 0 Å². The van der Waals surface area contributed by atoms with Gasteiger partial charge in [-0.15, -0.1) is 5.10 Å². The molecule has 3 heterocycles. The summed E-state index contributed by atoms with van der Waals surface area (Å²) in [5.41, 5.74) is 2.49. The highest BCUT2D eigenvalue weighted by Crippen LogP contribution is 2.59. The Balaban J connectivity index is 1.57. The highest BCUT2D eigenvalue weighted by atomic mass is 19.3. The van der Waals surface area contributed by atoms with Crippen LogP contribution in [0.2, 0.25) is 0 Å². The van der Waals surface area contributed by atoms with Crippen molar-refractivity contribution in [3.05, 3.63) is 24.7 Å². The molecule has 1 aliphatic carbocycles. The minimum Gasteiger partial charge on any atom is -0.369 e. The van der Waals surface area contributed by atoms with Crippen molar-refractivity contribution in [2.45, 2.75) is 19.4 Å². The van der Waals surface area contributed by atoms with Crippen LogP contribution in [0, 0.1) is 11.8 Å². The van der Waals surface area contributed by atoms with Gasteiger partial charge in [-0.3, -0.25) is 9.67 Å². The molecule has 2 aliphatic rings. The zero-order valence-corrected chi connectivity index (χ0v) is 11.6. The molecule has 2 atom stereocenters. The molecule has 21 heavy (non-hydrogen) atoms. The lowest BCUT2D eigenvalue weighted by Crippen LogP contribution is -2.27. The lowest BCUT2D eigenvalue weighted by atomic mass is 10.2. The number of halogens is 2. The molecule has 2 fully saturated rings. The molecule has 0 radical (unpaired) electrons. The van der Waals surface area contributed by atoms with E-state index < -0.39 is 17.8 Å². The molecular weight excluding hydrogens is 276 g/mol. The average Bonchev–Trinajstić information content (AvgIpc) is 2.97. The van der Waals surface area contributed by atoms with E-state index in [1.54, 1.807) is 17.1 Å². The number of alkyl halides is 2. The van der Waals surface area contributed by atoms with Crippen molar-refractivity contribution in [3.63, 3.8) is 0 Å². The summed E-state index contributed by atoms with van der Waals surface area (Å²) >= 11 is 0. The van der Waals surface area contributed by atoms with E-state index in [0.29, 0.717) is 13.1 Å². The second-order valence-corrected chi connectivity index (χ2v) is 5.68. The number of hydrogen-bond acceptors (Lipinski definition) is 4. The highest BCUT2D eigenvalue weighted by molar-refractivity contribution is 5.63. The molecule has 2 unspecified atom stereocenters. The number of hydrogen-bond donors (Lipinski definition) is 0. The van der Waals surface area contributed by atoms with Gasteiger partial charge in [0.05, 0.1) is 29.9 Å². The smallest absolute Gasteiger partial charge is 0.258 e. The fourth-order valence-electron chi connectivity index (χ4n) is 3.04. The molecule has 4 rings (SSSR count). The van der Waals surface area contributed by atoms with Crippen LogP contribution in [0.4, 0.5) is 14.5 Å². The van der Waals surface area contributed by atoms with Gasteiger partial charge in [0.25, 0.3) is 5.92 Å². The maximum atomic E-state index is 13.3. The molecule has 0 aromatic carbocycles. The summed E-state index contributed by atoms with van der Waals surface area (Å²) in [6.07, 6.45) is 5.30. The second-order valence-electron chi connectivity index (χ2n) is 5.68. The summed E-state index contributed by atoms with van der Waals surface area (Å²) in [7, 11) is 0. The molecule has 0 N–H and O–H groups in total. The van der Waals surface area contributed by atoms with Crippen molar-refractivity contribution in [1.82, 2.24) is 20.0 Å². The molecule has 7 heteroatoms. The number of rotatable bonds is 3. The van der Waals surface area contributed by atoms with Gasteiger partial charge in [-0.25, -0.2) is 8.78 Å². The predicted octanol–water partition coefficient (Wildman–Crippen LogP) is 2.06. The number of pyridine rings is 1. The number of aromatic nitrogens is 4. The van der Waals surface area contributed by atoms with Gasteiger partial charge in [0.1, 0.15) is 5.69 Å². The van der Waals surface area contributed by atoms with Crippen molar-refractivity contribution in [2.24, 2.45) is 11.8 Å². The lowest BCUT2D eigenvalue weighted by molar-refractivity contribution is 0.0797. The van der Waals surface area contributed by atoms with E-state index in [4.69, 9.17) is 0 Å². The van der Waals surface area contributed by atoms with Crippen LogP contribution in [-0.2, 0) is 6.54 Å². The summed E-state index contributed by atoms with van der Waals surface area (Å²) in [5, 5.41) is 8.11. The van der Waals surface area contributed by atoms with Gasteiger partial charge < -0.3 is 4.90 Å². The third-order valence-electron chi connectivity index (χ3n) is 4.45. The lowest BCUT2D eigenvalue weighted by Gasteiger charge is -2.21. The Morgan fingerprint density at radius 1 is 1.29 bits per heavy atom. The third kappa shape index (κ3) is 1.91. The van der Waals surface area contributed by atoms with Crippen molar-refractivity contribution < 1.29 is 8.78 Å². The third-order valence-corrected chi connectivity index (χ3v) is 4.45. The molecule has 0 bridgehead atoms. The Morgan fingerprint density at radius 3 is 2.71 bits per heavy atom. The maximum Gasteiger partial charge on any atom is 0.258 e. The van der Waals surface area contributed by atoms with Crippen LogP contribution in [0.1, 0.15) is 6.92 Å². The van der Waals surface area contributed by atoms with Crippen LogP contribution in [-0.4, -0.2) is 39.0 Å². The van der Waals surface area contributed by atoms with E-state index in [0.717, 1.165) is 23.5 Å². The molecule has 1 aliphatic heterocycles. The normalized spacial score (nSPS) is 26.0. The summed E-state index contributed by atoms with van der Waals surface area (Å²) in [5.74, 6) is -3.42.